The Morgan fingerprint density at radius 3 is 2.86 bits per heavy atom. The number of aliphatic hydroxyl groups excluding tert-OH is 1. The maximum atomic E-state index is 8.78. The van der Waals surface area contributed by atoms with Crippen molar-refractivity contribution in [3.63, 3.8) is 0 Å². The summed E-state index contributed by atoms with van der Waals surface area (Å²) in [6, 6.07) is 7.91. The molecule has 0 aliphatic carbocycles. The summed E-state index contributed by atoms with van der Waals surface area (Å²) < 4.78 is 0. The molecule has 0 spiro atoms. The highest BCUT2D eigenvalue weighted by Crippen LogP contribution is 2.18. The molecule has 0 aromatic heterocycles. The van der Waals surface area contributed by atoms with Crippen LogP contribution in [0.1, 0.15) is 30.5 Å². The van der Waals surface area contributed by atoms with Crippen molar-refractivity contribution in [3.8, 4) is 0 Å². The molecule has 0 amide bonds. The van der Waals surface area contributed by atoms with Crippen molar-refractivity contribution in [3.05, 3.63) is 42.0 Å². The number of hydrogen-bond donors (Lipinski definition) is 2. The molecule has 0 fully saturated rings. The van der Waals surface area contributed by atoms with Gasteiger partial charge in [-0.1, -0.05) is 30.4 Å². The van der Waals surface area contributed by atoms with Crippen LogP contribution in [0, 0.1) is 0 Å². The van der Waals surface area contributed by atoms with E-state index in [0.717, 1.165) is 16.7 Å². The Balaban J connectivity index is 2.87. The SMILES string of the molecule is C=C(C)c1cccc(C(N)CCO)c1. The Labute approximate surface area is 85.1 Å². The second-order valence-electron chi connectivity index (χ2n) is 3.52. The van der Waals surface area contributed by atoms with Crippen molar-refractivity contribution in [2.75, 3.05) is 6.61 Å². The lowest BCUT2D eigenvalue weighted by molar-refractivity contribution is 0.276. The van der Waals surface area contributed by atoms with Crippen LogP contribution < -0.4 is 5.73 Å². The minimum Gasteiger partial charge on any atom is -0.396 e. The molecule has 0 aliphatic heterocycles. The molecular formula is C12H17NO. The third kappa shape index (κ3) is 2.69. The van der Waals surface area contributed by atoms with Crippen LogP contribution in [-0.2, 0) is 0 Å². The zero-order chi connectivity index (χ0) is 10.6. The minimum absolute atomic E-state index is 0.0840. The van der Waals surface area contributed by atoms with Gasteiger partial charge < -0.3 is 10.8 Å². The van der Waals surface area contributed by atoms with Crippen LogP contribution in [0.5, 0.6) is 0 Å². The summed E-state index contributed by atoms with van der Waals surface area (Å²) in [5, 5.41) is 8.78. The molecule has 2 nitrogen and oxygen atoms in total. The number of nitrogens with two attached hydrogens (primary N) is 1. The van der Waals surface area contributed by atoms with Crippen LogP contribution in [-0.4, -0.2) is 11.7 Å². The molecule has 0 aliphatic rings. The van der Waals surface area contributed by atoms with Crippen LogP contribution in [0.15, 0.2) is 30.8 Å². The van der Waals surface area contributed by atoms with Gasteiger partial charge in [0.1, 0.15) is 0 Å². The summed E-state index contributed by atoms with van der Waals surface area (Å²) in [7, 11) is 0. The van der Waals surface area contributed by atoms with Crippen LogP contribution in [0.25, 0.3) is 5.57 Å². The van der Waals surface area contributed by atoms with E-state index < -0.39 is 0 Å². The molecule has 0 heterocycles. The van der Waals surface area contributed by atoms with E-state index in [1.54, 1.807) is 0 Å². The smallest absolute Gasteiger partial charge is 0.0449 e. The molecule has 1 aromatic rings. The van der Waals surface area contributed by atoms with Gasteiger partial charge in [-0.25, -0.2) is 0 Å². The fourth-order valence-electron chi connectivity index (χ4n) is 1.34. The van der Waals surface area contributed by atoms with Crippen molar-refractivity contribution < 1.29 is 5.11 Å². The molecular weight excluding hydrogens is 174 g/mol. The molecule has 1 rings (SSSR count). The lowest BCUT2D eigenvalue weighted by atomic mass is 10.00. The fraction of sp³-hybridized carbons (Fsp3) is 0.333. The number of hydrogen-bond acceptors (Lipinski definition) is 2. The van der Waals surface area contributed by atoms with Crippen LogP contribution >= 0.6 is 0 Å². The van der Waals surface area contributed by atoms with E-state index in [-0.39, 0.29) is 12.6 Å². The van der Waals surface area contributed by atoms with Gasteiger partial charge in [0.15, 0.2) is 0 Å². The van der Waals surface area contributed by atoms with E-state index in [4.69, 9.17) is 10.8 Å². The van der Waals surface area contributed by atoms with Gasteiger partial charge in [-0.2, -0.15) is 0 Å². The first-order valence-electron chi connectivity index (χ1n) is 4.77. The predicted octanol–water partition coefficient (Wildman–Crippen LogP) is 2.10. The lowest BCUT2D eigenvalue weighted by Crippen LogP contribution is -2.11. The monoisotopic (exact) mass is 191 g/mol. The first-order valence-corrected chi connectivity index (χ1v) is 4.77. The quantitative estimate of drug-likeness (QED) is 0.765. The molecule has 76 valence electrons. The van der Waals surface area contributed by atoms with Gasteiger partial charge in [-0.3, -0.25) is 0 Å². The molecule has 14 heavy (non-hydrogen) atoms. The van der Waals surface area contributed by atoms with Crippen LogP contribution in [0.2, 0.25) is 0 Å². The van der Waals surface area contributed by atoms with E-state index in [1.165, 1.54) is 0 Å². The minimum atomic E-state index is -0.0840. The van der Waals surface area contributed by atoms with Gasteiger partial charge in [0.25, 0.3) is 0 Å². The highest BCUT2D eigenvalue weighted by Gasteiger charge is 2.05. The third-order valence-corrected chi connectivity index (χ3v) is 2.25. The summed E-state index contributed by atoms with van der Waals surface area (Å²) in [6.07, 6.45) is 0.597. The number of aliphatic hydroxyl groups is 1. The summed E-state index contributed by atoms with van der Waals surface area (Å²) in [4.78, 5) is 0. The molecule has 0 saturated heterocycles. The summed E-state index contributed by atoms with van der Waals surface area (Å²) in [5.41, 5.74) is 9.08. The van der Waals surface area contributed by atoms with E-state index in [0.29, 0.717) is 6.42 Å². The predicted molar refractivity (Wildman–Crippen MR) is 59.8 cm³/mol. The highest BCUT2D eigenvalue weighted by atomic mass is 16.3. The molecule has 2 heteroatoms. The molecule has 0 saturated carbocycles. The fourth-order valence-corrected chi connectivity index (χ4v) is 1.34. The maximum absolute atomic E-state index is 8.78. The van der Waals surface area contributed by atoms with Crippen molar-refractivity contribution >= 4 is 5.57 Å². The van der Waals surface area contributed by atoms with Gasteiger partial charge in [0.05, 0.1) is 0 Å². The van der Waals surface area contributed by atoms with Gasteiger partial charge in [-0.15, -0.1) is 0 Å². The first kappa shape index (κ1) is 11.0. The molecule has 3 N–H and O–H groups in total. The normalized spacial score (nSPS) is 12.5. The molecule has 0 radical (unpaired) electrons. The topological polar surface area (TPSA) is 46.2 Å². The second kappa shape index (κ2) is 4.94. The van der Waals surface area contributed by atoms with Crippen molar-refractivity contribution in [1.82, 2.24) is 0 Å². The summed E-state index contributed by atoms with van der Waals surface area (Å²) >= 11 is 0. The zero-order valence-electron chi connectivity index (χ0n) is 8.53. The Morgan fingerprint density at radius 2 is 2.29 bits per heavy atom. The third-order valence-electron chi connectivity index (χ3n) is 2.25. The molecule has 1 unspecified atom stereocenters. The summed E-state index contributed by atoms with van der Waals surface area (Å²) in [6.45, 7) is 5.97. The Hall–Kier alpha value is -1.12. The van der Waals surface area contributed by atoms with Gasteiger partial charge in [0.2, 0.25) is 0 Å². The van der Waals surface area contributed by atoms with E-state index in [2.05, 4.69) is 6.58 Å². The van der Waals surface area contributed by atoms with Crippen molar-refractivity contribution in [2.24, 2.45) is 5.73 Å². The average molecular weight is 191 g/mol. The average Bonchev–Trinajstić information content (AvgIpc) is 2.18. The number of benzene rings is 1. The largest absolute Gasteiger partial charge is 0.396 e. The highest BCUT2D eigenvalue weighted by molar-refractivity contribution is 5.61. The molecule has 1 aromatic carbocycles. The standard InChI is InChI=1S/C12H17NO/c1-9(2)10-4-3-5-11(8-10)12(13)6-7-14/h3-5,8,12,14H,1,6-7,13H2,2H3. The Kier molecular flexibility index (Phi) is 3.86. The van der Waals surface area contributed by atoms with Gasteiger partial charge in [-0.05, 0) is 30.5 Å². The Bertz CT molecular complexity index is 320. The molecule has 0 bridgehead atoms. The number of rotatable bonds is 4. The lowest BCUT2D eigenvalue weighted by Gasteiger charge is -2.11. The van der Waals surface area contributed by atoms with E-state index in [1.807, 2.05) is 31.2 Å². The van der Waals surface area contributed by atoms with Gasteiger partial charge >= 0.3 is 0 Å². The van der Waals surface area contributed by atoms with Crippen LogP contribution in [0.3, 0.4) is 0 Å². The van der Waals surface area contributed by atoms with E-state index >= 15 is 0 Å². The van der Waals surface area contributed by atoms with Crippen molar-refractivity contribution in [1.29, 1.82) is 0 Å². The molecule has 1 atom stereocenters. The Morgan fingerprint density at radius 1 is 1.57 bits per heavy atom. The van der Waals surface area contributed by atoms with Crippen LogP contribution in [0.4, 0.5) is 0 Å². The van der Waals surface area contributed by atoms with E-state index in [9.17, 15) is 0 Å². The maximum Gasteiger partial charge on any atom is 0.0449 e. The first-order chi connectivity index (χ1) is 6.65. The number of allylic oxidation sites excluding steroid dienone is 1. The van der Waals surface area contributed by atoms with Crippen molar-refractivity contribution in [2.45, 2.75) is 19.4 Å². The van der Waals surface area contributed by atoms with Gasteiger partial charge in [0, 0.05) is 12.6 Å². The summed E-state index contributed by atoms with van der Waals surface area (Å²) in [5.74, 6) is 0. The zero-order valence-corrected chi connectivity index (χ0v) is 8.53. The second-order valence-corrected chi connectivity index (χ2v) is 3.52.